The highest BCUT2D eigenvalue weighted by atomic mass is 19.1. The quantitative estimate of drug-likeness (QED) is 0.620. The minimum atomic E-state index is -1.56. The third-order valence-corrected chi connectivity index (χ3v) is 2.86. The molecule has 1 unspecified atom stereocenters. The SMILES string of the molecule is CCCC(C)(Nc1c(F)cc([N+](=O)[O-])cc1F)C(=O)O. The van der Waals surface area contributed by atoms with Crippen molar-refractivity contribution in [1.82, 2.24) is 0 Å². The molecule has 20 heavy (non-hydrogen) atoms. The molecule has 0 radical (unpaired) electrons. The molecule has 0 bridgehead atoms. The Bertz CT molecular complexity index is 527. The number of non-ortho nitro benzene ring substituents is 1. The Labute approximate surface area is 113 Å². The van der Waals surface area contributed by atoms with Crippen molar-refractivity contribution in [2.45, 2.75) is 32.2 Å². The summed E-state index contributed by atoms with van der Waals surface area (Å²) in [5.74, 6) is -3.68. The molecule has 0 aromatic heterocycles. The van der Waals surface area contributed by atoms with Gasteiger partial charge in [-0.05, 0) is 13.3 Å². The first-order chi connectivity index (χ1) is 9.21. The number of benzene rings is 1. The van der Waals surface area contributed by atoms with E-state index in [-0.39, 0.29) is 6.42 Å². The van der Waals surface area contributed by atoms with Crippen LogP contribution in [0.3, 0.4) is 0 Å². The Hall–Kier alpha value is -2.25. The zero-order valence-corrected chi connectivity index (χ0v) is 10.9. The maximum absolute atomic E-state index is 13.7. The molecule has 0 fully saturated rings. The third kappa shape index (κ3) is 3.19. The Balaban J connectivity index is 3.21. The van der Waals surface area contributed by atoms with E-state index in [0.717, 1.165) is 0 Å². The third-order valence-electron chi connectivity index (χ3n) is 2.86. The molecule has 0 saturated carbocycles. The van der Waals surface area contributed by atoms with Gasteiger partial charge in [0, 0.05) is 0 Å². The summed E-state index contributed by atoms with van der Waals surface area (Å²) in [4.78, 5) is 20.7. The molecular weight excluding hydrogens is 274 g/mol. The van der Waals surface area contributed by atoms with Crippen molar-refractivity contribution in [2.24, 2.45) is 0 Å². The number of carboxylic acid groups (broad SMARTS) is 1. The van der Waals surface area contributed by atoms with Gasteiger partial charge in [0.05, 0.1) is 17.1 Å². The van der Waals surface area contributed by atoms with Crippen LogP contribution in [-0.4, -0.2) is 21.5 Å². The summed E-state index contributed by atoms with van der Waals surface area (Å²) in [6, 6.07) is 1.08. The normalized spacial score (nSPS) is 13.6. The number of nitro benzene ring substituents is 1. The van der Waals surface area contributed by atoms with Crippen LogP contribution in [0.15, 0.2) is 12.1 Å². The van der Waals surface area contributed by atoms with Gasteiger partial charge in [-0.2, -0.15) is 0 Å². The predicted molar refractivity (Wildman–Crippen MR) is 67.6 cm³/mol. The first-order valence-corrected chi connectivity index (χ1v) is 5.86. The lowest BCUT2D eigenvalue weighted by Crippen LogP contribution is -2.43. The molecule has 0 aliphatic rings. The Kier molecular flexibility index (Phi) is 4.59. The highest BCUT2D eigenvalue weighted by Gasteiger charge is 2.34. The molecule has 0 aliphatic carbocycles. The minimum absolute atomic E-state index is 0.137. The zero-order chi connectivity index (χ0) is 15.5. The van der Waals surface area contributed by atoms with Gasteiger partial charge in [-0.15, -0.1) is 0 Å². The van der Waals surface area contributed by atoms with Crippen molar-refractivity contribution in [3.8, 4) is 0 Å². The van der Waals surface area contributed by atoms with Crippen molar-refractivity contribution in [3.05, 3.63) is 33.9 Å². The van der Waals surface area contributed by atoms with Crippen molar-refractivity contribution in [2.75, 3.05) is 5.32 Å². The fourth-order valence-electron chi connectivity index (χ4n) is 1.78. The molecule has 0 amide bonds. The van der Waals surface area contributed by atoms with Gasteiger partial charge in [-0.3, -0.25) is 10.1 Å². The molecule has 0 saturated heterocycles. The second-order valence-electron chi connectivity index (χ2n) is 4.55. The van der Waals surface area contributed by atoms with Gasteiger partial charge in [-0.1, -0.05) is 13.3 Å². The Morgan fingerprint density at radius 3 is 2.30 bits per heavy atom. The van der Waals surface area contributed by atoms with Crippen LogP contribution in [0.5, 0.6) is 0 Å². The van der Waals surface area contributed by atoms with E-state index < -0.39 is 39.4 Å². The first kappa shape index (κ1) is 15.8. The maximum atomic E-state index is 13.7. The Morgan fingerprint density at radius 1 is 1.45 bits per heavy atom. The molecule has 6 nitrogen and oxygen atoms in total. The predicted octanol–water partition coefficient (Wildman–Crippen LogP) is 2.93. The molecule has 0 spiro atoms. The lowest BCUT2D eigenvalue weighted by Gasteiger charge is -2.27. The standard InChI is InChI=1S/C12H14F2N2O4/c1-3-4-12(2,11(17)18)15-10-8(13)5-7(16(19)20)6-9(10)14/h5-6,15H,3-4H2,1-2H3,(H,17,18). The summed E-state index contributed by atoms with van der Waals surface area (Å²) < 4.78 is 27.4. The van der Waals surface area contributed by atoms with E-state index in [1.807, 2.05) is 0 Å². The van der Waals surface area contributed by atoms with E-state index in [1.165, 1.54) is 6.92 Å². The van der Waals surface area contributed by atoms with Gasteiger partial charge < -0.3 is 10.4 Å². The number of carboxylic acids is 1. The molecule has 1 rings (SSSR count). The fraction of sp³-hybridized carbons (Fsp3) is 0.417. The van der Waals surface area contributed by atoms with Gasteiger partial charge in [0.1, 0.15) is 11.2 Å². The number of halogens is 2. The molecule has 8 heteroatoms. The topological polar surface area (TPSA) is 92.5 Å². The van der Waals surface area contributed by atoms with E-state index in [4.69, 9.17) is 5.11 Å². The highest BCUT2D eigenvalue weighted by molar-refractivity contribution is 5.82. The monoisotopic (exact) mass is 288 g/mol. The maximum Gasteiger partial charge on any atom is 0.329 e. The minimum Gasteiger partial charge on any atom is -0.480 e. The summed E-state index contributed by atoms with van der Waals surface area (Å²) in [6.07, 6.45) is 0.615. The van der Waals surface area contributed by atoms with Crippen molar-refractivity contribution < 1.29 is 23.6 Å². The number of nitrogens with zero attached hydrogens (tertiary/aromatic N) is 1. The van der Waals surface area contributed by atoms with Crippen LogP contribution in [0.25, 0.3) is 0 Å². The van der Waals surface area contributed by atoms with Gasteiger partial charge in [0.15, 0.2) is 11.6 Å². The molecule has 2 N–H and O–H groups in total. The number of hydrogen-bond acceptors (Lipinski definition) is 4. The summed E-state index contributed by atoms with van der Waals surface area (Å²) >= 11 is 0. The van der Waals surface area contributed by atoms with Crippen LogP contribution >= 0.6 is 0 Å². The van der Waals surface area contributed by atoms with Crippen LogP contribution in [0.4, 0.5) is 20.2 Å². The van der Waals surface area contributed by atoms with Crippen molar-refractivity contribution in [1.29, 1.82) is 0 Å². The lowest BCUT2D eigenvalue weighted by atomic mass is 9.95. The largest absolute Gasteiger partial charge is 0.480 e. The van der Waals surface area contributed by atoms with E-state index >= 15 is 0 Å². The van der Waals surface area contributed by atoms with E-state index in [0.29, 0.717) is 18.6 Å². The second-order valence-corrected chi connectivity index (χ2v) is 4.55. The second kappa shape index (κ2) is 5.81. The molecular formula is C12H14F2N2O4. The van der Waals surface area contributed by atoms with E-state index in [1.54, 1.807) is 6.92 Å². The summed E-state index contributed by atoms with van der Waals surface area (Å²) in [5.41, 5.74) is -2.99. The highest BCUT2D eigenvalue weighted by Crippen LogP contribution is 2.29. The number of nitrogens with one attached hydrogen (secondary N) is 1. The average Bonchev–Trinajstić information content (AvgIpc) is 2.33. The molecule has 0 aliphatic heterocycles. The van der Waals surface area contributed by atoms with Gasteiger partial charge in [0.25, 0.3) is 5.69 Å². The van der Waals surface area contributed by atoms with Crippen molar-refractivity contribution in [3.63, 3.8) is 0 Å². The van der Waals surface area contributed by atoms with Crippen LogP contribution in [-0.2, 0) is 4.79 Å². The zero-order valence-electron chi connectivity index (χ0n) is 10.9. The molecule has 110 valence electrons. The molecule has 1 aromatic carbocycles. The van der Waals surface area contributed by atoms with Crippen molar-refractivity contribution >= 4 is 17.3 Å². The fourth-order valence-corrected chi connectivity index (χ4v) is 1.78. The number of aliphatic carboxylic acids is 1. The first-order valence-electron chi connectivity index (χ1n) is 5.86. The van der Waals surface area contributed by atoms with Gasteiger partial charge in [-0.25, -0.2) is 13.6 Å². The van der Waals surface area contributed by atoms with E-state index in [9.17, 15) is 23.7 Å². The van der Waals surface area contributed by atoms with Crippen LogP contribution in [0.1, 0.15) is 26.7 Å². The summed E-state index contributed by atoms with van der Waals surface area (Å²) in [6.45, 7) is 3.02. The lowest BCUT2D eigenvalue weighted by molar-refractivity contribution is -0.385. The summed E-state index contributed by atoms with van der Waals surface area (Å²) in [5, 5.41) is 21.9. The van der Waals surface area contributed by atoms with E-state index in [2.05, 4.69) is 5.32 Å². The average molecular weight is 288 g/mol. The van der Waals surface area contributed by atoms with Crippen LogP contribution in [0.2, 0.25) is 0 Å². The molecule has 1 atom stereocenters. The number of carbonyl (C=O) groups is 1. The number of nitro groups is 1. The number of anilines is 1. The molecule has 1 aromatic rings. The smallest absolute Gasteiger partial charge is 0.329 e. The van der Waals surface area contributed by atoms with Gasteiger partial charge >= 0.3 is 5.97 Å². The number of hydrogen-bond donors (Lipinski definition) is 2. The summed E-state index contributed by atoms with van der Waals surface area (Å²) in [7, 11) is 0. The van der Waals surface area contributed by atoms with Crippen LogP contribution in [0, 0.1) is 21.7 Å². The number of rotatable bonds is 6. The van der Waals surface area contributed by atoms with Crippen LogP contribution < -0.4 is 5.32 Å². The molecule has 0 heterocycles. The Morgan fingerprint density at radius 2 is 1.95 bits per heavy atom. The van der Waals surface area contributed by atoms with Gasteiger partial charge in [0.2, 0.25) is 0 Å².